The van der Waals surface area contributed by atoms with E-state index >= 15 is 0 Å². The average molecular weight is 419 g/mol. The van der Waals surface area contributed by atoms with Crippen molar-refractivity contribution in [3.05, 3.63) is 47.4 Å². The highest BCUT2D eigenvalue weighted by molar-refractivity contribution is 7.89. The van der Waals surface area contributed by atoms with E-state index in [0.29, 0.717) is 24.5 Å². The van der Waals surface area contributed by atoms with Crippen LogP contribution in [0.1, 0.15) is 41.0 Å². The van der Waals surface area contributed by atoms with E-state index in [-0.39, 0.29) is 10.5 Å². The van der Waals surface area contributed by atoms with Crippen molar-refractivity contribution in [2.24, 2.45) is 0 Å². The molecular weight excluding hydrogens is 392 g/mol. The van der Waals surface area contributed by atoms with Gasteiger partial charge in [-0.3, -0.25) is 0 Å². The summed E-state index contributed by atoms with van der Waals surface area (Å²) in [6, 6.07) is 6.76. The van der Waals surface area contributed by atoms with Crippen molar-refractivity contribution in [2.75, 3.05) is 32.1 Å². The second kappa shape index (κ2) is 8.87. The van der Waals surface area contributed by atoms with Gasteiger partial charge in [-0.2, -0.15) is 0 Å². The number of aromatic nitrogens is 2. The molecule has 2 heterocycles. The lowest BCUT2D eigenvalue weighted by atomic mass is 10.1. The Balaban J connectivity index is 1.74. The van der Waals surface area contributed by atoms with Gasteiger partial charge in [0.05, 0.1) is 4.90 Å². The van der Waals surface area contributed by atoms with Crippen LogP contribution in [0.15, 0.2) is 35.4 Å². The van der Waals surface area contributed by atoms with Crippen LogP contribution in [0.3, 0.4) is 0 Å². The van der Waals surface area contributed by atoms with E-state index in [1.54, 1.807) is 24.3 Å². The number of carbonyl (C=O) groups is 1. The van der Waals surface area contributed by atoms with E-state index in [0.717, 1.165) is 37.9 Å². The molecule has 0 aliphatic carbocycles. The summed E-state index contributed by atoms with van der Waals surface area (Å²) in [7, 11) is -0.442. The van der Waals surface area contributed by atoms with Crippen LogP contribution in [-0.4, -0.2) is 61.0 Å². The number of aromatic carboxylic acids is 1. The zero-order valence-corrected chi connectivity index (χ0v) is 17.5. The summed E-state index contributed by atoms with van der Waals surface area (Å²) >= 11 is 0. The largest absolute Gasteiger partial charge is 0.477 e. The van der Waals surface area contributed by atoms with Crippen LogP contribution in [0, 0.1) is 0 Å². The molecule has 8 nitrogen and oxygen atoms in total. The Kier molecular flexibility index (Phi) is 6.49. The third-order valence-corrected chi connectivity index (χ3v) is 6.87. The molecule has 1 aliphatic heterocycles. The predicted octanol–water partition coefficient (Wildman–Crippen LogP) is 2.20. The van der Waals surface area contributed by atoms with Gasteiger partial charge < -0.3 is 10.0 Å². The first-order valence-corrected chi connectivity index (χ1v) is 11.1. The molecule has 0 atom stereocenters. The van der Waals surface area contributed by atoms with E-state index in [2.05, 4.69) is 9.97 Å². The fraction of sp³-hybridized carbons (Fsp3) is 0.450. The maximum Gasteiger partial charge on any atom is 0.341 e. The summed E-state index contributed by atoms with van der Waals surface area (Å²) in [4.78, 5) is 22.6. The van der Waals surface area contributed by atoms with Crippen LogP contribution in [-0.2, 0) is 22.9 Å². The Morgan fingerprint density at radius 2 is 1.76 bits per heavy atom. The Hall–Kier alpha value is -2.52. The van der Waals surface area contributed by atoms with Gasteiger partial charge in [-0.25, -0.2) is 27.5 Å². The molecule has 1 fully saturated rings. The van der Waals surface area contributed by atoms with Crippen molar-refractivity contribution in [2.45, 2.75) is 37.0 Å². The number of anilines is 1. The van der Waals surface area contributed by atoms with E-state index in [4.69, 9.17) is 0 Å². The lowest BCUT2D eigenvalue weighted by Crippen LogP contribution is -2.32. The van der Waals surface area contributed by atoms with Crippen LogP contribution >= 0.6 is 0 Å². The van der Waals surface area contributed by atoms with Gasteiger partial charge in [-0.15, -0.1) is 0 Å². The van der Waals surface area contributed by atoms with Crippen molar-refractivity contribution >= 4 is 21.8 Å². The van der Waals surface area contributed by atoms with Crippen molar-refractivity contribution in [1.82, 2.24) is 14.3 Å². The zero-order valence-electron chi connectivity index (χ0n) is 16.7. The topological polar surface area (TPSA) is 104 Å². The molecule has 1 aromatic carbocycles. The molecular formula is C20H26N4O4S. The lowest BCUT2D eigenvalue weighted by Gasteiger charge is -2.28. The summed E-state index contributed by atoms with van der Waals surface area (Å²) in [6.45, 7) is 1.61. The number of hydrogen-bond donors (Lipinski definition) is 1. The molecule has 2 aromatic rings. The second-order valence-corrected chi connectivity index (χ2v) is 9.46. The maximum absolute atomic E-state index is 12.2. The van der Waals surface area contributed by atoms with Gasteiger partial charge in [0.15, 0.2) is 0 Å². The normalized spacial score (nSPS) is 14.9. The number of piperidine rings is 1. The fourth-order valence-corrected chi connectivity index (χ4v) is 4.22. The minimum Gasteiger partial charge on any atom is -0.477 e. The highest BCUT2D eigenvalue weighted by Crippen LogP contribution is 2.22. The molecule has 0 bridgehead atoms. The van der Waals surface area contributed by atoms with Gasteiger partial charge >= 0.3 is 5.97 Å². The summed E-state index contributed by atoms with van der Waals surface area (Å²) in [5, 5.41) is 9.47. The van der Waals surface area contributed by atoms with Crippen LogP contribution < -0.4 is 4.90 Å². The third-order valence-electron chi connectivity index (χ3n) is 5.04. The van der Waals surface area contributed by atoms with Gasteiger partial charge in [0, 0.05) is 39.8 Å². The molecule has 0 radical (unpaired) electrons. The van der Waals surface area contributed by atoms with Crippen LogP contribution in [0.5, 0.6) is 0 Å². The SMILES string of the molecule is CN(C)S(=O)(=O)c1ccc(CCc2ncc(C(=O)O)c(N3CCCCC3)n2)cc1. The van der Waals surface area contributed by atoms with Crippen molar-refractivity contribution in [3.8, 4) is 0 Å². The number of rotatable bonds is 7. The van der Waals surface area contributed by atoms with Crippen LogP contribution in [0.25, 0.3) is 0 Å². The summed E-state index contributed by atoms with van der Waals surface area (Å²) < 4.78 is 25.5. The molecule has 1 aromatic heterocycles. The number of carboxylic acids is 1. The van der Waals surface area contributed by atoms with E-state index < -0.39 is 16.0 Å². The molecule has 0 amide bonds. The number of benzene rings is 1. The van der Waals surface area contributed by atoms with Gasteiger partial charge in [0.25, 0.3) is 0 Å². The van der Waals surface area contributed by atoms with Crippen molar-refractivity contribution in [1.29, 1.82) is 0 Å². The van der Waals surface area contributed by atoms with E-state index in [1.807, 2.05) is 4.90 Å². The number of hydrogen-bond acceptors (Lipinski definition) is 6. The lowest BCUT2D eigenvalue weighted by molar-refractivity contribution is 0.0696. The van der Waals surface area contributed by atoms with E-state index in [1.165, 1.54) is 24.6 Å². The van der Waals surface area contributed by atoms with Crippen molar-refractivity contribution in [3.63, 3.8) is 0 Å². The molecule has 9 heteroatoms. The van der Waals surface area contributed by atoms with Gasteiger partial charge in [-0.05, 0) is 43.4 Å². The maximum atomic E-state index is 12.2. The Morgan fingerprint density at radius 3 is 2.34 bits per heavy atom. The molecule has 0 unspecified atom stereocenters. The number of carboxylic acid groups (broad SMARTS) is 1. The van der Waals surface area contributed by atoms with Crippen molar-refractivity contribution < 1.29 is 18.3 Å². The molecule has 1 N–H and O–H groups in total. The molecule has 1 aliphatic rings. The highest BCUT2D eigenvalue weighted by Gasteiger charge is 2.21. The average Bonchev–Trinajstić information content (AvgIpc) is 2.72. The second-order valence-electron chi connectivity index (χ2n) is 7.31. The first-order chi connectivity index (χ1) is 13.8. The standard InChI is InChI=1S/C20H26N4O4S/c1-23(2)29(27,28)16-9-6-15(7-10-16)8-11-18-21-14-17(20(25)26)19(22-18)24-12-4-3-5-13-24/h6-7,9-10,14H,3-5,8,11-13H2,1-2H3,(H,25,26). The Bertz CT molecular complexity index is 968. The Morgan fingerprint density at radius 1 is 1.10 bits per heavy atom. The molecule has 156 valence electrons. The smallest absolute Gasteiger partial charge is 0.341 e. The van der Waals surface area contributed by atoms with Gasteiger partial charge in [0.1, 0.15) is 17.2 Å². The predicted molar refractivity (Wildman–Crippen MR) is 110 cm³/mol. The van der Waals surface area contributed by atoms with Gasteiger partial charge in [-0.1, -0.05) is 12.1 Å². The number of sulfonamides is 1. The first-order valence-electron chi connectivity index (χ1n) is 9.64. The Labute approximate surface area is 171 Å². The van der Waals surface area contributed by atoms with Gasteiger partial charge in [0.2, 0.25) is 10.0 Å². The van der Waals surface area contributed by atoms with Crippen LogP contribution in [0.4, 0.5) is 5.82 Å². The third kappa shape index (κ3) is 4.91. The minimum absolute atomic E-state index is 0.133. The monoisotopic (exact) mass is 418 g/mol. The van der Waals surface area contributed by atoms with E-state index in [9.17, 15) is 18.3 Å². The fourth-order valence-electron chi connectivity index (χ4n) is 3.32. The minimum atomic E-state index is -3.44. The first kappa shape index (κ1) is 21.2. The highest BCUT2D eigenvalue weighted by atomic mass is 32.2. The summed E-state index contributed by atoms with van der Waals surface area (Å²) in [5.41, 5.74) is 1.10. The molecule has 1 saturated heterocycles. The number of aryl methyl sites for hydroxylation is 2. The quantitative estimate of drug-likeness (QED) is 0.735. The number of nitrogens with zero attached hydrogens (tertiary/aromatic N) is 4. The molecule has 3 rings (SSSR count). The molecule has 0 spiro atoms. The van der Waals surface area contributed by atoms with Crippen LogP contribution in [0.2, 0.25) is 0 Å². The molecule has 29 heavy (non-hydrogen) atoms. The summed E-state index contributed by atoms with van der Waals surface area (Å²) in [5.74, 6) is 0.0602. The summed E-state index contributed by atoms with van der Waals surface area (Å²) in [6.07, 6.45) is 5.77. The molecule has 0 saturated carbocycles. The zero-order chi connectivity index (χ0) is 21.0.